The molecular formula is C34H24ClN3. The lowest BCUT2D eigenvalue weighted by Crippen LogP contribution is -2.01. The van der Waals surface area contributed by atoms with E-state index in [1.165, 1.54) is 0 Å². The summed E-state index contributed by atoms with van der Waals surface area (Å²) in [4.78, 5) is 14.8. The number of hydrogen-bond acceptors (Lipinski definition) is 3. The van der Waals surface area contributed by atoms with Crippen LogP contribution in [0.1, 0.15) is 5.56 Å². The van der Waals surface area contributed by atoms with Crippen molar-refractivity contribution in [2.24, 2.45) is 0 Å². The molecule has 0 N–H and O–H groups in total. The quantitative estimate of drug-likeness (QED) is 0.232. The minimum atomic E-state index is 0.580. The van der Waals surface area contributed by atoms with Crippen LogP contribution in [-0.4, -0.2) is 15.0 Å². The van der Waals surface area contributed by atoms with Gasteiger partial charge in [-0.2, -0.15) is 0 Å². The minimum Gasteiger partial charge on any atom is -0.208 e. The van der Waals surface area contributed by atoms with Crippen LogP contribution in [-0.2, 0) is 0 Å². The van der Waals surface area contributed by atoms with E-state index in [4.69, 9.17) is 26.6 Å². The molecule has 0 radical (unpaired) electrons. The van der Waals surface area contributed by atoms with Gasteiger partial charge in [-0.05, 0) is 65.1 Å². The van der Waals surface area contributed by atoms with E-state index in [0.29, 0.717) is 22.5 Å². The Bertz CT molecular complexity index is 1610. The van der Waals surface area contributed by atoms with Gasteiger partial charge in [-0.3, -0.25) is 0 Å². The van der Waals surface area contributed by atoms with Gasteiger partial charge in [0.05, 0.1) is 0 Å². The third kappa shape index (κ3) is 5.10. The molecule has 0 saturated heterocycles. The first-order chi connectivity index (χ1) is 18.6. The summed E-state index contributed by atoms with van der Waals surface area (Å²) in [6, 6.07) is 43.0. The highest BCUT2D eigenvalue weighted by Crippen LogP contribution is 2.32. The van der Waals surface area contributed by atoms with Crippen molar-refractivity contribution in [3.05, 3.63) is 138 Å². The minimum absolute atomic E-state index is 0.580. The van der Waals surface area contributed by atoms with Crippen LogP contribution in [0.4, 0.5) is 0 Å². The fraction of sp³-hybridized carbons (Fsp3) is 0.0294. The average molecular weight is 510 g/mol. The molecule has 6 aromatic rings. The molecule has 6 rings (SSSR count). The lowest BCUT2D eigenvalue weighted by atomic mass is 10.00. The van der Waals surface area contributed by atoms with E-state index in [9.17, 15) is 0 Å². The Morgan fingerprint density at radius 1 is 0.395 bits per heavy atom. The summed E-state index contributed by atoms with van der Waals surface area (Å²) < 4.78 is 0. The molecule has 5 aromatic carbocycles. The van der Waals surface area contributed by atoms with Crippen LogP contribution in [0.5, 0.6) is 0 Å². The first kappa shape index (κ1) is 23.8. The molecule has 0 saturated carbocycles. The molecule has 3 nitrogen and oxygen atoms in total. The van der Waals surface area contributed by atoms with Crippen molar-refractivity contribution in [2.75, 3.05) is 0 Å². The highest BCUT2D eigenvalue weighted by atomic mass is 35.5. The van der Waals surface area contributed by atoms with Gasteiger partial charge in [0.1, 0.15) is 0 Å². The molecule has 0 bridgehead atoms. The third-order valence-electron chi connectivity index (χ3n) is 6.37. The average Bonchev–Trinajstić information content (AvgIpc) is 2.97. The third-order valence-corrected chi connectivity index (χ3v) is 6.59. The van der Waals surface area contributed by atoms with Gasteiger partial charge < -0.3 is 0 Å². The van der Waals surface area contributed by atoms with Gasteiger partial charge in [0, 0.05) is 21.7 Å². The molecule has 0 atom stereocenters. The number of hydrogen-bond donors (Lipinski definition) is 0. The van der Waals surface area contributed by atoms with E-state index in [1.54, 1.807) is 0 Å². The Morgan fingerprint density at radius 3 is 1.29 bits per heavy atom. The van der Waals surface area contributed by atoms with E-state index in [0.717, 1.165) is 44.5 Å². The zero-order valence-corrected chi connectivity index (χ0v) is 21.6. The maximum absolute atomic E-state index is 6.60. The summed E-state index contributed by atoms with van der Waals surface area (Å²) in [7, 11) is 0. The van der Waals surface area contributed by atoms with E-state index >= 15 is 0 Å². The molecule has 0 unspecified atom stereocenters. The molecule has 0 aliphatic heterocycles. The van der Waals surface area contributed by atoms with Crippen LogP contribution < -0.4 is 0 Å². The highest BCUT2D eigenvalue weighted by molar-refractivity contribution is 6.31. The smallest absolute Gasteiger partial charge is 0.164 e. The maximum atomic E-state index is 6.60. The second-order valence-electron chi connectivity index (χ2n) is 9.22. The van der Waals surface area contributed by atoms with Gasteiger partial charge in [-0.1, -0.05) is 109 Å². The summed E-state index contributed by atoms with van der Waals surface area (Å²) in [6.07, 6.45) is 0. The van der Waals surface area contributed by atoms with Gasteiger partial charge in [-0.15, -0.1) is 0 Å². The topological polar surface area (TPSA) is 38.7 Å². The standard InChI is InChI=1S/C34H24ClN3/c1-23-17-27(24-11-5-2-6-12-24)19-29(18-23)33-36-32(26-15-9-4-10-16-26)37-34(38-33)30-20-28(21-31(35)22-30)25-13-7-3-8-14-25/h2-22H,1H3. The van der Waals surface area contributed by atoms with Gasteiger partial charge in [0.15, 0.2) is 17.5 Å². The molecule has 1 aromatic heterocycles. The van der Waals surface area contributed by atoms with Crippen LogP contribution in [0.3, 0.4) is 0 Å². The predicted molar refractivity (Wildman–Crippen MR) is 157 cm³/mol. The van der Waals surface area contributed by atoms with Gasteiger partial charge >= 0.3 is 0 Å². The zero-order chi connectivity index (χ0) is 25.9. The number of nitrogens with zero attached hydrogens (tertiary/aromatic N) is 3. The van der Waals surface area contributed by atoms with Crippen molar-refractivity contribution in [3.8, 4) is 56.4 Å². The number of halogens is 1. The molecule has 4 heteroatoms. The summed E-state index contributed by atoms with van der Waals surface area (Å²) in [5.74, 6) is 1.82. The molecule has 0 amide bonds. The van der Waals surface area contributed by atoms with E-state index in [2.05, 4.69) is 67.6 Å². The second kappa shape index (κ2) is 10.4. The summed E-state index contributed by atoms with van der Waals surface area (Å²) >= 11 is 6.60. The van der Waals surface area contributed by atoms with E-state index in [1.807, 2.05) is 66.7 Å². The Hall–Kier alpha value is -4.60. The predicted octanol–water partition coefficient (Wildman–Crippen LogP) is 9.17. The molecule has 0 spiro atoms. The van der Waals surface area contributed by atoms with Crippen LogP contribution in [0.2, 0.25) is 5.02 Å². The highest BCUT2D eigenvalue weighted by Gasteiger charge is 2.15. The van der Waals surface area contributed by atoms with Gasteiger partial charge in [-0.25, -0.2) is 15.0 Å². The SMILES string of the molecule is Cc1cc(-c2ccccc2)cc(-c2nc(-c3ccccc3)nc(-c3cc(Cl)cc(-c4ccccc4)c3)n2)c1. The molecular weight excluding hydrogens is 486 g/mol. The number of aromatic nitrogens is 3. The van der Waals surface area contributed by atoms with Crippen molar-refractivity contribution < 1.29 is 0 Å². The fourth-order valence-electron chi connectivity index (χ4n) is 4.58. The van der Waals surface area contributed by atoms with Gasteiger partial charge in [0.2, 0.25) is 0 Å². The van der Waals surface area contributed by atoms with Crippen molar-refractivity contribution in [1.82, 2.24) is 15.0 Å². The van der Waals surface area contributed by atoms with Crippen molar-refractivity contribution >= 4 is 11.6 Å². The molecule has 0 aliphatic carbocycles. The van der Waals surface area contributed by atoms with Crippen molar-refractivity contribution in [1.29, 1.82) is 0 Å². The Labute approximate surface area is 227 Å². The van der Waals surface area contributed by atoms with E-state index in [-0.39, 0.29) is 0 Å². The summed E-state index contributed by atoms with van der Waals surface area (Å²) in [5, 5.41) is 0.631. The normalized spacial score (nSPS) is 10.9. The second-order valence-corrected chi connectivity index (χ2v) is 9.66. The van der Waals surface area contributed by atoms with Crippen LogP contribution >= 0.6 is 11.6 Å². The Kier molecular flexibility index (Phi) is 6.51. The number of aryl methyl sites for hydroxylation is 1. The van der Waals surface area contributed by atoms with Crippen molar-refractivity contribution in [3.63, 3.8) is 0 Å². The summed E-state index contributed by atoms with van der Waals surface area (Å²) in [6.45, 7) is 2.10. The monoisotopic (exact) mass is 509 g/mol. The first-order valence-corrected chi connectivity index (χ1v) is 12.9. The van der Waals surface area contributed by atoms with E-state index < -0.39 is 0 Å². The lowest BCUT2D eigenvalue weighted by molar-refractivity contribution is 1.07. The molecule has 182 valence electrons. The van der Waals surface area contributed by atoms with Gasteiger partial charge in [0.25, 0.3) is 0 Å². The first-order valence-electron chi connectivity index (χ1n) is 12.5. The Morgan fingerprint density at radius 2 is 0.763 bits per heavy atom. The van der Waals surface area contributed by atoms with Crippen LogP contribution in [0.25, 0.3) is 56.4 Å². The number of benzene rings is 5. The zero-order valence-electron chi connectivity index (χ0n) is 20.8. The maximum Gasteiger partial charge on any atom is 0.164 e. The largest absolute Gasteiger partial charge is 0.208 e. The molecule has 38 heavy (non-hydrogen) atoms. The van der Waals surface area contributed by atoms with Crippen molar-refractivity contribution in [2.45, 2.75) is 6.92 Å². The Balaban J connectivity index is 1.54. The number of rotatable bonds is 5. The lowest BCUT2D eigenvalue weighted by Gasteiger charge is -2.12. The summed E-state index contributed by atoms with van der Waals surface area (Å²) in [5.41, 5.74) is 8.22. The molecule has 1 heterocycles. The molecule has 0 aliphatic rings. The molecule has 0 fully saturated rings. The van der Waals surface area contributed by atoms with Crippen LogP contribution in [0, 0.1) is 6.92 Å². The van der Waals surface area contributed by atoms with Crippen LogP contribution in [0.15, 0.2) is 127 Å². The fourth-order valence-corrected chi connectivity index (χ4v) is 4.81.